The Kier molecular flexibility index (Phi) is 2.36. The lowest BCUT2D eigenvalue weighted by molar-refractivity contribution is 0.0596. The molecule has 2 aromatic heterocycles. The number of rotatable bonds is 1. The second kappa shape index (κ2) is 3.52. The van der Waals surface area contributed by atoms with Gasteiger partial charge in [-0.15, -0.1) is 0 Å². The molecule has 0 aromatic carbocycles. The number of methoxy groups -OCH3 is 1. The smallest absolute Gasteiger partial charge is 0.357 e. The van der Waals surface area contributed by atoms with Gasteiger partial charge in [0.25, 0.3) is 0 Å². The lowest BCUT2D eigenvalue weighted by atomic mass is 10.3. The number of nitrogens with zero attached hydrogens (tertiary/aromatic N) is 2. The van der Waals surface area contributed by atoms with E-state index in [2.05, 4.69) is 42.3 Å². The fourth-order valence-electron chi connectivity index (χ4n) is 1.18. The third kappa shape index (κ3) is 1.35. The number of H-pyrrole nitrogens is 1. The molecule has 0 aliphatic heterocycles. The number of esters is 1. The largest absolute Gasteiger partial charge is 0.464 e. The highest BCUT2D eigenvalue weighted by Gasteiger charge is 2.15. The highest BCUT2D eigenvalue weighted by Crippen LogP contribution is 2.20. The van der Waals surface area contributed by atoms with Crippen LogP contribution in [0.2, 0.25) is 0 Å². The van der Waals surface area contributed by atoms with Crippen molar-refractivity contribution in [3.8, 4) is 0 Å². The van der Waals surface area contributed by atoms with E-state index in [0.29, 0.717) is 16.7 Å². The summed E-state index contributed by atoms with van der Waals surface area (Å²) in [5.41, 5.74) is 0.938. The van der Waals surface area contributed by atoms with Gasteiger partial charge in [0.05, 0.1) is 12.5 Å². The SMILES string of the molecule is COC(=O)c1ncnc2[nH]cc(I)c12. The summed E-state index contributed by atoms with van der Waals surface area (Å²) in [4.78, 5) is 22.2. The van der Waals surface area contributed by atoms with Crippen LogP contribution in [0.1, 0.15) is 10.5 Å². The van der Waals surface area contributed by atoms with Gasteiger partial charge >= 0.3 is 5.97 Å². The van der Waals surface area contributed by atoms with Crippen LogP contribution in [0, 0.1) is 3.57 Å². The lowest BCUT2D eigenvalue weighted by Gasteiger charge is -1.99. The van der Waals surface area contributed by atoms with Crippen molar-refractivity contribution in [1.29, 1.82) is 0 Å². The van der Waals surface area contributed by atoms with Crippen LogP contribution in [0.4, 0.5) is 0 Å². The first-order valence-electron chi connectivity index (χ1n) is 3.80. The van der Waals surface area contributed by atoms with E-state index in [0.717, 1.165) is 3.57 Å². The molecule has 0 spiro atoms. The van der Waals surface area contributed by atoms with Gasteiger partial charge in [-0.3, -0.25) is 0 Å². The highest BCUT2D eigenvalue weighted by atomic mass is 127. The first-order valence-corrected chi connectivity index (χ1v) is 4.88. The molecule has 0 unspecified atom stereocenters. The molecule has 2 aromatic rings. The van der Waals surface area contributed by atoms with Crippen molar-refractivity contribution >= 4 is 39.6 Å². The lowest BCUT2D eigenvalue weighted by Crippen LogP contribution is -2.05. The zero-order valence-corrected chi connectivity index (χ0v) is 9.40. The number of ether oxygens (including phenoxy) is 1. The third-order valence-electron chi connectivity index (χ3n) is 1.80. The van der Waals surface area contributed by atoms with E-state index in [9.17, 15) is 4.79 Å². The molecule has 0 saturated heterocycles. The summed E-state index contributed by atoms with van der Waals surface area (Å²) in [6, 6.07) is 0. The Balaban J connectivity index is 2.75. The second-order valence-corrected chi connectivity index (χ2v) is 3.74. The summed E-state index contributed by atoms with van der Waals surface area (Å²) in [5, 5.41) is 0.708. The molecule has 72 valence electrons. The van der Waals surface area contributed by atoms with Crippen LogP contribution in [0.3, 0.4) is 0 Å². The minimum Gasteiger partial charge on any atom is -0.464 e. The van der Waals surface area contributed by atoms with Crippen LogP contribution in [0.25, 0.3) is 11.0 Å². The molecule has 0 amide bonds. The number of carbonyl (C=O) groups excluding carboxylic acids is 1. The summed E-state index contributed by atoms with van der Waals surface area (Å²) < 4.78 is 5.52. The zero-order valence-electron chi connectivity index (χ0n) is 7.24. The number of fused-ring (bicyclic) bond motifs is 1. The zero-order chi connectivity index (χ0) is 10.1. The van der Waals surface area contributed by atoms with Crippen LogP contribution in [0.5, 0.6) is 0 Å². The summed E-state index contributed by atoms with van der Waals surface area (Å²) >= 11 is 2.11. The van der Waals surface area contributed by atoms with Crippen molar-refractivity contribution in [1.82, 2.24) is 15.0 Å². The van der Waals surface area contributed by atoms with E-state index in [-0.39, 0.29) is 0 Å². The molecule has 0 aliphatic carbocycles. The molecule has 0 saturated carbocycles. The predicted octanol–water partition coefficient (Wildman–Crippen LogP) is 1.35. The van der Waals surface area contributed by atoms with E-state index in [1.165, 1.54) is 13.4 Å². The number of hydrogen-bond acceptors (Lipinski definition) is 4. The fraction of sp³-hybridized carbons (Fsp3) is 0.125. The Morgan fingerprint density at radius 3 is 3.07 bits per heavy atom. The molecular weight excluding hydrogens is 297 g/mol. The minimum atomic E-state index is -0.449. The molecule has 0 aliphatic rings. The number of nitrogens with one attached hydrogen (secondary N) is 1. The molecule has 0 atom stereocenters. The molecule has 14 heavy (non-hydrogen) atoms. The van der Waals surface area contributed by atoms with Gasteiger partial charge in [-0.25, -0.2) is 14.8 Å². The molecule has 6 heteroatoms. The quantitative estimate of drug-likeness (QED) is 0.638. The van der Waals surface area contributed by atoms with Crippen LogP contribution in [-0.4, -0.2) is 28.0 Å². The molecule has 0 fully saturated rings. The number of halogens is 1. The van der Waals surface area contributed by atoms with Crippen LogP contribution >= 0.6 is 22.6 Å². The van der Waals surface area contributed by atoms with E-state index in [1.54, 1.807) is 6.20 Å². The average molecular weight is 303 g/mol. The van der Waals surface area contributed by atoms with Gasteiger partial charge in [0.15, 0.2) is 5.69 Å². The monoisotopic (exact) mass is 303 g/mol. The molecule has 5 nitrogen and oxygen atoms in total. The molecule has 0 bridgehead atoms. The molecular formula is C8H6IN3O2. The second-order valence-electron chi connectivity index (χ2n) is 2.57. The number of aromatic nitrogens is 3. The number of hydrogen-bond donors (Lipinski definition) is 1. The Morgan fingerprint density at radius 1 is 1.57 bits per heavy atom. The third-order valence-corrected chi connectivity index (χ3v) is 2.65. The van der Waals surface area contributed by atoms with E-state index >= 15 is 0 Å². The van der Waals surface area contributed by atoms with Crippen molar-refractivity contribution in [2.75, 3.05) is 7.11 Å². The van der Waals surface area contributed by atoms with Gasteiger partial charge in [-0.1, -0.05) is 0 Å². The van der Waals surface area contributed by atoms with Crippen molar-refractivity contribution in [3.63, 3.8) is 0 Å². The maximum Gasteiger partial charge on any atom is 0.357 e. The van der Waals surface area contributed by atoms with Gasteiger partial charge in [0, 0.05) is 9.77 Å². The Bertz CT molecular complexity index is 494. The average Bonchev–Trinajstić information content (AvgIpc) is 2.59. The van der Waals surface area contributed by atoms with Gasteiger partial charge in [-0.2, -0.15) is 0 Å². The molecule has 2 rings (SSSR count). The number of aromatic amines is 1. The topological polar surface area (TPSA) is 67.9 Å². The van der Waals surface area contributed by atoms with Gasteiger partial charge in [0.2, 0.25) is 0 Å². The standard InChI is InChI=1S/C8H6IN3O2/c1-14-8(13)6-5-4(9)2-10-7(5)12-3-11-6/h2-3H,1H3,(H,10,11,12). The van der Waals surface area contributed by atoms with Crippen LogP contribution < -0.4 is 0 Å². The van der Waals surface area contributed by atoms with Crippen LogP contribution in [-0.2, 0) is 4.74 Å². The molecule has 0 radical (unpaired) electrons. The van der Waals surface area contributed by atoms with Crippen molar-refractivity contribution in [3.05, 3.63) is 21.8 Å². The maximum atomic E-state index is 11.3. The normalized spacial score (nSPS) is 10.4. The summed E-state index contributed by atoms with van der Waals surface area (Å²) in [7, 11) is 1.33. The van der Waals surface area contributed by atoms with E-state index < -0.39 is 5.97 Å². The van der Waals surface area contributed by atoms with Gasteiger partial charge < -0.3 is 9.72 Å². The van der Waals surface area contributed by atoms with Gasteiger partial charge in [-0.05, 0) is 22.6 Å². The summed E-state index contributed by atoms with van der Waals surface area (Å²) in [5.74, 6) is -0.449. The maximum absolute atomic E-state index is 11.3. The Morgan fingerprint density at radius 2 is 2.36 bits per heavy atom. The van der Waals surface area contributed by atoms with Crippen LogP contribution in [0.15, 0.2) is 12.5 Å². The predicted molar refractivity (Wildman–Crippen MR) is 57.9 cm³/mol. The Labute approximate surface area is 93.0 Å². The minimum absolute atomic E-state index is 0.295. The molecule has 2 heterocycles. The van der Waals surface area contributed by atoms with Crippen molar-refractivity contribution in [2.45, 2.75) is 0 Å². The first-order chi connectivity index (χ1) is 6.74. The number of carbonyl (C=O) groups is 1. The van der Waals surface area contributed by atoms with E-state index in [4.69, 9.17) is 0 Å². The molecule has 1 N–H and O–H groups in total. The fourth-order valence-corrected chi connectivity index (χ4v) is 1.84. The summed E-state index contributed by atoms with van der Waals surface area (Å²) in [6.07, 6.45) is 3.10. The van der Waals surface area contributed by atoms with Gasteiger partial charge in [0.1, 0.15) is 12.0 Å². The van der Waals surface area contributed by atoms with Crippen molar-refractivity contribution in [2.24, 2.45) is 0 Å². The summed E-state index contributed by atoms with van der Waals surface area (Å²) in [6.45, 7) is 0. The first kappa shape index (κ1) is 9.38. The van der Waals surface area contributed by atoms with E-state index in [1.807, 2.05) is 0 Å². The Hall–Kier alpha value is -1.18. The highest BCUT2D eigenvalue weighted by molar-refractivity contribution is 14.1. The van der Waals surface area contributed by atoms with Crippen molar-refractivity contribution < 1.29 is 9.53 Å².